The lowest BCUT2D eigenvalue weighted by molar-refractivity contribution is -0.137. The predicted molar refractivity (Wildman–Crippen MR) is 139 cm³/mol. The first-order valence-electron chi connectivity index (χ1n) is 12.2. The Bertz CT molecular complexity index is 1070. The molecular formula is C30H32N2O2. The number of rotatable bonds is 12. The second-order valence-corrected chi connectivity index (χ2v) is 8.96. The molecule has 0 amide bonds. The van der Waals surface area contributed by atoms with E-state index in [4.69, 9.17) is 15.1 Å². The molecule has 4 rings (SSSR count). The van der Waals surface area contributed by atoms with Gasteiger partial charge in [0.25, 0.3) is 0 Å². The van der Waals surface area contributed by atoms with Crippen molar-refractivity contribution in [2.24, 2.45) is 9.98 Å². The number of unbranched alkanes of at least 4 members (excludes halogenated alkanes) is 4. The molecule has 0 bridgehead atoms. The van der Waals surface area contributed by atoms with Crippen LogP contribution in [0.25, 0.3) is 0 Å². The van der Waals surface area contributed by atoms with Crippen molar-refractivity contribution >= 4 is 17.4 Å². The lowest BCUT2D eigenvalue weighted by atomic mass is 9.94. The number of nitrogens with zero attached hydrogens (tertiary/aromatic N) is 2. The maximum Gasteiger partial charge on any atom is 0.303 e. The molecule has 0 saturated carbocycles. The lowest BCUT2D eigenvalue weighted by Crippen LogP contribution is -2.25. The summed E-state index contributed by atoms with van der Waals surface area (Å²) in [5.41, 5.74) is 4.81. The zero-order valence-electron chi connectivity index (χ0n) is 19.6. The van der Waals surface area contributed by atoms with E-state index in [0.29, 0.717) is 0 Å². The van der Waals surface area contributed by atoms with Crippen LogP contribution in [0.5, 0.6) is 0 Å². The van der Waals surface area contributed by atoms with Crippen molar-refractivity contribution in [1.82, 2.24) is 0 Å². The van der Waals surface area contributed by atoms with Gasteiger partial charge < -0.3 is 5.11 Å². The molecule has 0 fully saturated rings. The van der Waals surface area contributed by atoms with Crippen molar-refractivity contribution in [2.75, 3.05) is 0 Å². The fourth-order valence-electron chi connectivity index (χ4n) is 4.56. The Morgan fingerprint density at radius 3 is 1.65 bits per heavy atom. The van der Waals surface area contributed by atoms with Crippen LogP contribution in [0, 0.1) is 0 Å². The van der Waals surface area contributed by atoms with Gasteiger partial charge in [-0.25, -0.2) is 0 Å². The molecule has 1 aliphatic heterocycles. The summed E-state index contributed by atoms with van der Waals surface area (Å²) in [6.45, 7) is 0. The van der Waals surface area contributed by atoms with Crippen molar-refractivity contribution in [3.63, 3.8) is 0 Å². The molecule has 1 heterocycles. The van der Waals surface area contributed by atoms with Crippen molar-refractivity contribution in [2.45, 2.75) is 57.0 Å². The Labute approximate surface area is 202 Å². The molecule has 4 nitrogen and oxygen atoms in total. The Balaban J connectivity index is 1.60. The van der Waals surface area contributed by atoms with E-state index in [1.54, 1.807) is 0 Å². The summed E-state index contributed by atoms with van der Waals surface area (Å²) in [6, 6.07) is 31.2. The fourth-order valence-corrected chi connectivity index (χ4v) is 4.56. The third-order valence-corrected chi connectivity index (χ3v) is 6.26. The molecular weight excluding hydrogens is 420 g/mol. The van der Waals surface area contributed by atoms with Crippen LogP contribution in [0.4, 0.5) is 0 Å². The number of carboxylic acids is 1. The van der Waals surface area contributed by atoms with Gasteiger partial charge in [0.05, 0.1) is 11.4 Å². The Hall–Kier alpha value is -3.53. The molecule has 4 heteroatoms. The topological polar surface area (TPSA) is 62.0 Å². The number of aliphatic carboxylic acids is 1. The standard InChI is InChI=1S/C30H32N2O2/c33-27(34)21-13-2-1-3-14-22-30(23-24-15-7-4-8-16-24)31-28(25-17-9-5-10-18-25)29(32-30)26-19-11-6-12-20-26/h4-12,15-20H,1-3,13-14,21-23H2,(H,33,34). The number of carboxylic acid groups (broad SMARTS) is 1. The summed E-state index contributed by atoms with van der Waals surface area (Å²) < 4.78 is 0. The molecule has 0 saturated heterocycles. The van der Waals surface area contributed by atoms with Crippen molar-refractivity contribution < 1.29 is 9.90 Å². The summed E-state index contributed by atoms with van der Waals surface area (Å²) in [6.07, 6.45) is 6.70. The molecule has 1 aliphatic rings. The van der Waals surface area contributed by atoms with Crippen molar-refractivity contribution in [1.29, 1.82) is 0 Å². The number of hydrogen-bond acceptors (Lipinski definition) is 3. The molecule has 0 aliphatic carbocycles. The van der Waals surface area contributed by atoms with Crippen molar-refractivity contribution in [3.05, 3.63) is 108 Å². The van der Waals surface area contributed by atoms with Gasteiger partial charge in [-0.1, -0.05) is 110 Å². The number of hydrogen-bond donors (Lipinski definition) is 1. The van der Waals surface area contributed by atoms with Crippen LogP contribution in [-0.4, -0.2) is 28.2 Å². The predicted octanol–water partition coefficient (Wildman–Crippen LogP) is 6.73. The Morgan fingerprint density at radius 2 is 1.12 bits per heavy atom. The monoisotopic (exact) mass is 452 g/mol. The van der Waals surface area contributed by atoms with Crippen LogP contribution >= 0.6 is 0 Å². The van der Waals surface area contributed by atoms with E-state index < -0.39 is 11.6 Å². The highest BCUT2D eigenvalue weighted by Crippen LogP contribution is 2.34. The fraction of sp³-hybridized carbons (Fsp3) is 0.300. The van der Waals surface area contributed by atoms with Crippen LogP contribution in [0.15, 0.2) is 101 Å². The largest absolute Gasteiger partial charge is 0.481 e. The van der Waals surface area contributed by atoms with Crippen LogP contribution in [0.1, 0.15) is 61.6 Å². The summed E-state index contributed by atoms with van der Waals surface area (Å²) in [4.78, 5) is 21.4. The number of carbonyl (C=O) groups is 1. The highest BCUT2D eigenvalue weighted by molar-refractivity contribution is 6.54. The molecule has 0 aromatic heterocycles. The summed E-state index contributed by atoms with van der Waals surface area (Å²) in [5.74, 6) is -0.710. The van der Waals surface area contributed by atoms with Crippen LogP contribution < -0.4 is 0 Å². The second-order valence-electron chi connectivity index (χ2n) is 8.96. The zero-order chi connectivity index (χ0) is 23.6. The van der Waals surface area contributed by atoms with Gasteiger partial charge in [-0.15, -0.1) is 0 Å². The van der Waals surface area contributed by atoms with Crippen LogP contribution in [0.2, 0.25) is 0 Å². The smallest absolute Gasteiger partial charge is 0.303 e. The minimum atomic E-state index is -0.710. The Morgan fingerprint density at radius 1 is 0.647 bits per heavy atom. The number of aliphatic imine (C=N–C) groups is 2. The van der Waals surface area contributed by atoms with Gasteiger partial charge in [-0.05, 0) is 24.8 Å². The molecule has 34 heavy (non-hydrogen) atoms. The van der Waals surface area contributed by atoms with Gasteiger partial charge >= 0.3 is 5.97 Å². The van der Waals surface area contributed by atoms with E-state index in [0.717, 1.165) is 67.5 Å². The first-order valence-corrected chi connectivity index (χ1v) is 12.2. The minimum Gasteiger partial charge on any atom is -0.481 e. The lowest BCUT2D eigenvalue weighted by Gasteiger charge is -2.23. The molecule has 3 aromatic carbocycles. The second kappa shape index (κ2) is 11.6. The Kier molecular flexibility index (Phi) is 8.03. The molecule has 174 valence electrons. The van der Waals surface area contributed by atoms with Gasteiger partial charge in [0.2, 0.25) is 0 Å². The SMILES string of the molecule is O=C(O)CCCCCCCC1(Cc2ccccc2)N=C(c2ccccc2)C(c2ccccc2)=N1. The van der Waals surface area contributed by atoms with Crippen molar-refractivity contribution in [3.8, 4) is 0 Å². The van der Waals surface area contributed by atoms with Gasteiger partial charge in [-0.2, -0.15) is 0 Å². The summed E-state index contributed by atoms with van der Waals surface area (Å²) >= 11 is 0. The maximum absolute atomic E-state index is 10.7. The first kappa shape index (κ1) is 23.6. The van der Waals surface area contributed by atoms with Crippen LogP contribution in [-0.2, 0) is 11.2 Å². The van der Waals surface area contributed by atoms with E-state index in [1.807, 2.05) is 18.2 Å². The average molecular weight is 453 g/mol. The van der Waals surface area contributed by atoms with Gasteiger partial charge in [0, 0.05) is 24.0 Å². The first-order chi connectivity index (χ1) is 16.7. The molecule has 3 aromatic rings. The number of benzene rings is 3. The minimum absolute atomic E-state index is 0.257. The molecule has 0 atom stereocenters. The quantitative estimate of drug-likeness (QED) is 0.310. The summed E-state index contributed by atoms with van der Waals surface area (Å²) in [7, 11) is 0. The molecule has 1 N–H and O–H groups in total. The van der Waals surface area contributed by atoms with E-state index in [1.165, 1.54) is 5.56 Å². The zero-order valence-corrected chi connectivity index (χ0v) is 19.6. The molecule has 0 radical (unpaired) electrons. The van der Waals surface area contributed by atoms with Gasteiger partial charge in [-0.3, -0.25) is 14.8 Å². The normalized spacial score (nSPS) is 14.5. The third kappa shape index (κ3) is 6.28. The third-order valence-electron chi connectivity index (χ3n) is 6.26. The van der Waals surface area contributed by atoms with Crippen LogP contribution in [0.3, 0.4) is 0 Å². The van der Waals surface area contributed by atoms with E-state index in [-0.39, 0.29) is 6.42 Å². The highest BCUT2D eigenvalue weighted by atomic mass is 16.4. The summed E-state index contributed by atoms with van der Waals surface area (Å²) in [5, 5.41) is 8.84. The van der Waals surface area contributed by atoms with Gasteiger partial charge in [0.15, 0.2) is 5.66 Å². The molecule has 0 unspecified atom stereocenters. The van der Waals surface area contributed by atoms with E-state index in [9.17, 15) is 4.79 Å². The maximum atomic E-state index is 10.7. The highest BCUT2D eigenvalue weighted by Gasteiger charge is 2.36. The average Bonchev–Trinajstić information content (AvgIpc) is 3.24. The van der Waals surface area contributed by atoms with E-state index >= 15 is 0 Å². The molecule has 0 spiro atoms. The van der Waals surface area contributed by atoms with Gasteiger partial charge in [0.1, 0.15) is 0 Å². The van der Waals surface area contributed by atoms with E-state index in [2.05, 4.69) is 72.8 Å².